The largest absolute Gasteiger partial charge is 2.00 e. The predicted molar refractivity (Wildman–Crippen MR) is 298 cm³/mol. The summed E-state index contributed by atoms with van der Waals surface area (Å²) in [5.41, 5.74) is 22.1. The maximum atomic E-state index is 6.82. The first-order valence-electron chi connectivity index (χ1n) is 26.3. The Labute approximate surface area is 454 Å². The third-order valence-corrected chi connectivity index (χ3v) is 14.6. The van der Waals surface area contributed by atoms with Crippen molar-refractivity contribution in [1.29, 1.82) is 0 Å². The van der Waals surface area contributed by atoms with Crippen molar-refractivity contribution in [1.82, 2.24) is 19.9 Å². The van der Waals surface area contributed by atoms with Gasteiger partial charge in [-0.25, -0.2) is 9.97 Å². The number of rotatable bonds is 4. The van der Waals surface area contributed by atoms with Crippen molar-refractivity contribution in [2.75, 3.05) is 39.6 Å². The average Bonchev–Trinajstić information content (AvgIpc) is 4.11. The maximum Gasteiger partial charge on any atom is 2.00 e. The molecule has 8 aliphatic heterocycles. The zero-order valence-corrected chi connectivity index (χ0v) is 47.8. The minimum atomic E-state index is 0. The Kier molecular flexibility index (Phi) is 16.9. The minimum absolute atomic E-state index is 0. The second kappa shape index (κ2) is 23.8. The molecule has 11 heterocycles. The Morgan fingerprint density at radius 1 is 0.453 bits per heavy atom. The molecule has 380 valence electrons. The smallest absolute Gasteiger partial charge is 0.657 e. The normalized spacial score (nSPS) is 14.6. The van der Waals surface area contributed by atoms with Gasteiger partial charge in [-0.1, -0.05) is 123 Å². The first kappa shape index (κ1) is 53.1. The molecule has 0 amide bonds. The molecule has 4 aromatic carbocycles. The first-order valence-corrected chi connectivity index (χ1v) is 26.3. The molecule has 11 heteroatoms. The van der Waals surface area contributed by atoms with Crippen molar-refractivity contribution < 1.29 is 47.9 Å². The van der Waals surface area contributed by atoms with Crippen LogP contribution in [-0.2, 0) is 55.0 Å². The predicted octanol–water partition coefficient (Wildman–Crippen LogP) is 14.3. The van der Waals surface area contributed by atoms with E-state index < -0.39 is 0 Å². The molecule has 8 aliphatic rings. The Morgan fingerprint density at radius 3 is 1.23 bits per heavy atom. The Balaban J connectivity index is 0.00000689. The number of hydrogen-bond donors (Lipinski definition) is 0. The second-order valence-electron chi connectivity index (χ2n) is 19.0. The van der Waals surface area contributed by atoms with E-state index in [2.05, 4.69) is 104 Å². The summed E-state index contributed by atoms with van der Waals surface area (Å²) in [4.78, 5) is 22.6. The number of ether oxygens (including phenoxy) is 6. The molecule has 14 bridgehead atoms. The zero-order valence-electron chi connectivity index (χ0n) is 44.8. The van der Waals surface area contributed by atoms with E-state index in [0.29, 0.717) is 52.9 Å². The summed E-state index contributed by atoms with van der Waals surface area (Å²) in [5.74, 6) is 3.03. The van der Waals surface area contributed by atoms with Crippen LogP contribution in [0, 0.1) is 13.8 Å². The van der Waals surface area contributed by atoms with E-state index in [4.69, 9.17) is 48.4 Å². The molecule has 75 heavy (non-hydrogen) atoms. The summed E-state index contributed by atoms with van der Waals surface area (Å²) in [6.07, 6.45) is 3.15. The summed E-state index contributed by atoms with van der Waals surface area (Å²) in [5, 5.41) is 0. The third-order valence-electron chi connectivity index (χ3n) is 14.6. The number of aromatic nitrogens is 4. The quantitative estimate of drug-likeness (QED) is 0.158. The van der Waals surface area contributed by atoms with Gasteiger partial charge in [-0.2, -0.15) is 0 Å². The summed E-state index contributed by atoms with van der Waals surface area (Å²) < 4.78 is 37.3. The van der Waals surface area contributed by atoms with Gasteiger partial charge in [-0.05, 0) is 134 Å². The molecule has 0 saturated carbocycles. The number of hydrogen-bond acceptors (Lipinski definition) is 8. The van der Waals surface area contributed by atoms with Crippen LogP contribution < -0.4 is 28.9 Å². The van der Waals surface area contributed by atoms with Gasteiger partial charge in [-0.15, -0.1) is 22.1 Å². The van der Waals surface area contributed by atoms with E-state index in [0.717, 1.165) is 149 Å². The van der Waals surface area contributed by atoms with Crippen LogP contribution in [0.15, 0.2) is 109 Å². The fourth-order valence-corrected chi connectivity index (χ4v) is 10.7. The van der Waals surface area contributed by atoms with Crippen molar-refractivity contribution in [3.05, 3.63) is 165 Å². The number of para-hydroxylation sites is 2. The van der Waals surface area contributed by atoms with Gasteiger partial charge in [0.15, 0.2) is 0 Å². The number of allylic oxidation sites excluding steroid dienone is 4. The molecule has 0 spiro atoms. The second-order valence-corrected chi connectivity index (χ2v) is 19.0. The SMILES string of the molecule is CCC1=C(C)c2nc1cc1[n-]c(c(C)c1CC)c1c3nc(cc4[n-]c(c(C)c4CC)c2-c2ccccc2OCc2ccc(cc2)OCCOCCOCCOc2ccc(cc2)COc2ccccc2-1)C(CC)=C3C.[Zn+2]. The number of benzene rings is 4. The molecule has 7 aromatic rings. The van der Waals surface area contributed by atoms with E-state index >= 15 is 0 Å². The van der Waals surface area contributed by atoms with E-state index in [-0.39, 0.29) is 19.5 Å². The fraction of sp³-hybridized carbons (Fsp3) is 0.312. The number of nitrogens with zero attached hydrogens (tertiary/aromatic N) is 4. The molecule has 0 unspecified atom stereocenters. The van der Waals surface area contributed by atoms with Gasteiger partial charge in [0, 0.05) is 11.1 Å². The summed E-state index contributed by atoms with van der Waals surface area (Å²) in [7, 11) is 0. The zero-order chi connectivity index (χ0) is 51.3. The molecule has 10 nitrogen and oxygen atoms in total. The Bertz CT molecular complexity index is 3210. The summed E-state index contributed by atoms with van der Waals surface area (Å²) in [6, 6.07) is 37.1. The van der Waals surface area contributed by atoms with Crippen molar-refractivity contribution >= 4 is 44.4 Å². The molecule has 0 N–H and O–H groups in total. The summed E-state index contributed by atoms with van der Waals surface area (Å²) in [6.45, 7) is 21.1. The van der Waals surface area contributed by atoms with Crippen LogP contribution in [0.2, 0.25) is 0 Å². The molecule has 3 aromatic heterocycles. The van der Waals surface area contributed by atoms with Crippen LogP contribution in [0.25, 0.3) is 66.6 Å². The first-order chi connectivity index (χ1) is 36.2. The van der Waals surface area contributed by atoms with Gasteiger partial charge in [0.25, 0.3) is 0 Å². The molecule has 15 rings (SSSR count). The molecule has 0 radical (unpaired) electrons. The van der Waals surface area contributed by atoms with Gasteiger partial charge < -0.3 is 38.4 Å². The summed E-state index contributed by atoms with van der Waals surface area (Å²) >= 11 is 0. The Morgan fingerprint density at radius 2 is 0.840 bits per heavy atom. The molecule has 0 atom stereocenters. The van der Waals surface area contributed by atoms with E-state index in [1.807, 2.05) is 60.7 Å². The van der Waals surface area contributed by atoms with Crippen LogP contribution >= 0.6 is 0 Å². The number of aryl methyl sites for hydroxylation is 4. The van der Waals surface area contributed by atoms with Crippen molar-refractivity contribution in [3.63, 3.8) is 0 Å². The topological polar surface area (TPSA) is 109 Å². The third kappa shape index (κ3) is 10.9. The molecule has 0 fully saturated rings. The van der Waals surface area contributed by atoms with Crippen molar-refractivity contribution in [3.8, 4) is 45.3 Å². The van der Waals surface area contributed by atoms with Gasteiger partial charge in [0.05, 0.1) is 49.2 Å². The maximum absolute atomic E-state index is 6.82. The van der Waals surface area contributed by atoms with Crippen molar-refractivity contribution in [2.24, 2.45) is 0 Å². The van der Waals surface area contributed by atoms with Crippen LogP contribution in [0.5, 0.6) is 23.0 Å². The Hall–Kier alpha value is -6.78. The van der Waals surface area contributed by atoms with Gasteiger partial charge >= 0.3 is 19.5 Å². The monoisotopic (exact) mass is 1050 g/mol. The van der Waals surface area contributed by atoms with Crippen molar-refractivity contribution in [2.45, 2.75) is 94.3 Å². The minimum Gasteiger partial charge on any atom is -0.657 e. The van der Waals surface area contributed by atoms with Gasteiger partial charge in [-0.3, -0.25) is 0 Å². The molecular formula is C64H66N4O6Zn. The van der Waals surface area contributed by atoms with Crippen LogP contribution in [0.1, 0.15) is 111 Å². The van der Waals surface area contributed by atoms with E-state index in [1.54, 1.807) is 0 Å². The van der Waals surface area contributed by atoms with Gasteiger partial charge in [0.2, 0.25) is 0 Å². The molecule has 0 saturated heterocycles. The molecular weight excluding hydrogens is 986 g/mol. The van der Waals surface area contributed by atoms with Crippen LogP contribution in [-0.4, -0.2) is 49.6 Å². The fourth-order valence-electron chi connectivity index (χ4n) is 10.7. The van der Waals surface area contributed by atoms with E-state index in [1.165, 1.54) is 22.3 Å². The average molecular weight is 1050 g/mol. The van der Waals surface area contributed by atoms with Crippen LogP contribution in [0.4, 0.5) is 0 Å². The van der Waals surface area contributed by atoms with E-state index in [9.17, 15) is 0 Å². The molecule has 0 aliphatic carbocycles. The van der Waals surface area contributed by atoms with Gasteiger partial charge in [0.1, 0.15) is 49.4 Å². The van der Waals surface area contributed by atoms with Crippen LogP contribution in [0.3, 0.4) is 0 Å². The standard InChI is InChI=1S/C64H66N4O6.Zn/c1-9-47-39(5)61-59-51-17-13-15-19-57(51)73-37-43-21-25-45(26-22-43)71-33-31-69-29-30-70-32-34-72-46-27-23-44(24-28-46)38-74-58-20-16-14-18-52(58)60(63-40(6)48(10-2)54(66-63)35-53(47)65-61)64-42(8)50(12-4)56(68-64)36-55-49(11-3)41(7)62(59)67-55;/h13-28,35-36H,9-12,29-34,37-38H2,1-8H3;/q-2;+2.